The fraction of sp³-hybridized carbons (Fsp3) is 0.800. The molecule has 3 aliphatic rings. The van der Waals surface area contributed by atoms with Gasteiger partial charge < -0.3 is 20.9 Å². The summed E-state index contributed by atoms with van der Waals surface area (Å²) < 4.78 is 29.1. The molecular formula is C25H44Cl2N8O2S. The van der Waals surface area contributed by atoms with Gasteiger partial charge in [0.05, 0.1) is 12.1 Å². The van der Waals surface area contributed by atoms with Crippen LogP contribution in [0.15, 0.2) is 6.33 Å². The van der Waals surface area contributed by atoms with Gasteiger partial charge in [0.15, 0.2) is 17.0 Å². The van der Waals surface area contributed by atoms with E-state index in [1.165, 1.54) is 12.8 Å². The average Bonchev–Trinajstić information content (AvgIpc) is 3.55. The Bertz CT molecular complexity index is 1130. The number of unbranched alkanes of at least 4 members (excludes halogenated alkanes) is 1. The Morgan fingerprint density at radius 3 is 2.26 bits per heavy atom. The van der Waals surface area contributed by atoms with Crippen LogP contribution in [0.1, 0.15) is 90.0 Å². The van der Waals surface area contributed by atoms with Crippen molar-refractivity contribution in [3.63, 3.8) is 0 Å². The van der Waals surface area contributed by atoms with E-state index in [0.717, 1.165) is 74.8 Å². The summed E-state index contributed by atoms with van der Waals surface area (Å²) in [6, 6.07) is 1.21. The van der Waals surface area contributed by atoms with Crippen molar-refractivity contribution in [2.24, 2.45) is 5.73 Å². The highest BCUT2D eigenvalue weighted by atomic mass is 35.5. The maximum absolute atomic E-state index is 12.6. The van der Waals surface area contributed by atoms with Gasteiger partial charge in [0.2, 0.25) is 16.0 Å². The van der Waals surface area contributed by atoms with E-state index in [4.69, 9.17) is 20.7 Å². The third-order valence-corrected chi connectivity index (χ3v) is 10.1. The molecule has 0 bridgehead atoms. The van der Waals surface area contributed by atoms with E-state index in [1.807, 2.05) is 13.3 Å². The van der Waals surface area contributed by atoms with Crippen LogP contribution in [-0.4, -0.2) is 69.2 Å². The zero-order valence-corrected chi connectivity index (χ0v) is 24.8. The summed E-state index contributed by atoms with van der Waals surface area (Å²) in [6.07, 6.45) is 13.9. The molecule has 10 nitrogen and oxygen atoms in total. The maximum Gasteiger partial charge on any atom is 0.227 e. The zero-order valence-electron chi connectivity index (χ0n) is 22.3. The predicted molar refractivity (Wildman–Crippen MR) is 158 cm³/mol. The summed E-state index contributed by atoms with van der Waals surface area (Å²) in [5.41, 5.74) is 7.79. The van der Waals surface area contributed by atoms with Crippen molar-refractivity contribution in [2.45, 2.75) is 108 Å². The molecule has 2 aliphatic carbocycles. The lowest BCUT2D eigenvalue weighted by molar-refractivity contribution is 0.329. The molecule has 5 rings (SSSR count). The van der Waals surface area contributed by atoms with E-state index in [9.17, 15) is 8.42 Å². The third-order valence-electron chi connectivity index (χ3n) is 8.19. The number of nitrogens with two attached hydrogens (primary N) is 1. The quantitative estimate of drug-likeness (QED) is 0.389. The average molecular weight is 592 g/mol. The molecule has 0 aromatic carbocycles. The van der Waals surface area contributed by atoms with Crippen LogP contribution >= 0.6 is 24.8 Å². The molecule has 3 heterocycles. The highest BCUT2D eigenvalue weighted by Crippen LogP contribution is 2.34. The van der Waals surface area contributed by atoms with Gasteiger partial charge in [0.25, 0.3) is 0 Å². The van der Waals surface area contributed by atoms with Crippen LogP contribution in [0.25, 0.3) is 11.2 Å². The van der Waals surface area contributed by atoms with Gasteiger partial charge in [-0.05, 0) is 57.8 Å². The van der Waals surface area contributed by atoms with Gasteiger partial charge in [-0.15, -0.1) is 24.8 Å². The second kappa shape index (κ2) is 13.8. The number of anilines is 2. The molecule has 13 heteroatoms. The maximum atomic E-state index is 12.6. The monoisotopic (exact) mass is 590 g/mol. The number of nitrogens with one attached hydrogen (secondary N) is 2. The third kappa shape index (κ3) is 7.21. The zero-order chi connectivity index (χ0) is 25.1. The van der Waals surface area contributed by atoms with E-state index in [0.29, 0.717) is 43.6 Å². The first-order valence-electron chi connectivity index (χ1n) is 13.9. The summed E-state index contributed by atoms with van der Waals surface area (Å²) in [5.74, 6) is 1.64. The highest BCUT2D eigenvalue weighted by Gasteiger charge is 2.29. The molecule has 1 saturated heterocycles. The van der Waals surface area contributed by atoms with E-state index < -0.39 is 10.0 Å². The van der Waals surface area contributed by atoms with Gasteiger partial charge in [-0.2, -0.15) is 9.97 Å². The van der Waals surface area contributed by atoms with E-state index in [2.05, 4.69) is 15.2 Å². The molecule has 2 aromatic rings. The Labute approximate surface area is 239 Å². The first-order valence-corrected chi connectivity index (χ1v) is 15.5. The Hall–Kier alpha value is -1.40. The van der Waals surface area contributed by atoms with Gasteiger partial charge in [-0.1, -0.05) is 26.2 Å². The largest absolute Gasteiger partial charge is 0.365 e. The van der Waals surface area contributed by atoms with Crippen molar-refractivity contribution in [1.82, 2.24) is 23.8 Å². The fourth-order valence-corrected chi connectivity index (χ4v) is 7.58. The van der Waals surface area contributed by atoms with Crippen LogP contribution in [0.3, 0.4) is 0 Å². The Morgan fingerprint density at radius 2 is 1.61 bits per heavy atom. The molecule has 2 saturated carbocycles. The normalized spacial score (nSPS) is 23.6. The second-order valence-corrected chi connectivity index (χ2v) is 13.0. The highest BCUT2D eigenvalue weighted by molar-refractivity contribution is 7.89. The topological polar surface area (TPSA) is 131 Å². The van der Waals surface area contributed by atoms with Crippen LogP contribution in [0.4, 0.5) is 11.8 Å². The number of sulfonamides is 1. The Morgan fingerprint density at radius 1 is 0.947 bits per heavy atom. The number of hydrogen-bond donors (Lipinski definition) is 3. The van der Waals surface area contributed by atoms with Crippen molar-refractivity contribution in [3.05, 3.63) is 6.33 Å². The van der Waals surface area contributed by atoms with Gasteiger partial charge in [-0.3, -0.25) is 0 Å². The Kier molecular flexibility index (Phi) is 11.3. The SMILES string of the molecule is CCCCS(=O)(=O)N1CCC(Nc2nc(N[C@H]3CC[C@H](N)CC3)nc3c2ncn3C2CCCC2)CC1.Cl.Cl. The predicted octanol–water partition coefficient (Wildman–Crippen LogP) is 4.47. The van der Waals surface area contributed by atoms with Crippen LogP contribution in [0, 0.1) is 0 Å². The minimum absolute atomic E-state index is 0. The molecule has 2 aromatic heterocycles. The van der Waals surface area contributed by atoms with Crippen molar-refractivity contribution < 1.29 is 8.42 Å². The lowest BCUT2D eigenvalue weighted by atomic mass is 9.92. The molecule has 3 fully saturated rings. The summed E-state index contributed by atoms with van der Waals surface area (Å²) in [5, 5.41) is 7.20. The number of nitrogens with zero attached hydrogens (tertiary/aromatic N) is 5. The summed E-state index contributed by atoms with van der Waals surface area (Å²) in [6.45, 7) is 3.11. The number of rotatable bonds is 9. The van der Waals surface area contributed by atoms with Crippen molar-refractivity contribution in [3.8, 4) is 0 Å². The number of hydrogen-bond acceptors (Lipinski definition) is 8. The van der Waals surface area contributed by atoms with E-state index >= 15 is 0 Å². The van der Waals surface area contributed by atoms with Crippen molar-refractivity contribution >= 4 is 57.8 Å². The smallest absolute Gasteiger partial charge is 0.227 e. The molecule has 0 spiro atoms. The molecule has 0 atom stereocenters. The van der Waals surface area contributed by atoms with Crippen LogP contribution < -0.4 is 16.4 Å². The lowest BCUT2D eigenvalue weighted by Gasteiger charge is -2.32. The van der Waals surface area contributed by atoms with Gasteiger partial charge in [0, 0.05) is 37.3 Å². The van der Waals surface area contributed by atoms with Gasteiger partial charge >= 0.3 is 0 Å². The molecular weight excluding hydrogens is 547 g/mol. The van der Waals surface area contributed by atoms with E-state index in [-0.39, 0.29) is 36.6 Å². The fourth-order valence-electron chi connectivity index (χ4n) is 5.90. The molecule has 216 valence electrons. The summed E-state index contributed by atoms with van der Waals surface area (Å²) >= 11 is 0. The first-order chi connectivity index (χ1) is 17.4. The Balaban J connectivity index is 0.00000200. The number of piperidine rings is 1. The molecule has 4 N–H and O–H groups in total. The van der Waals surface area contributed by atoms with Gasteiger partial charge in [0.1, 0.15) is 0 Å². The minimum Gasteiger partial charge on any atom is -0.365 e. The second-order valence-electron chi connectivity index (χ2n) is 10.9. The van der Waals surface area contributed by atoms with Crippen LogP contribution in [-0.2, 0) is 10.0 Å². The molecule has 0 amide bonds. The molecule has 0 radical (unpaired) electrons. The molecule has 1 aliphatic heterocycles. The first kappa shape index (κ1) is 31.1. The van der Waals surface area contributed by atoms with Crippen LogP contribution in [0.2, 0.25) is 0 Å². The summed E-state index contributed by atoms with van der Waals surface area (Å²) in [4.78, 5) is 14.6. The molecule has 0 unspecified atom stereocenters. The number of aromatic nitrogens is 4. The van der Waals surface area contributed by atoms with Gasteiger partial charge in [-0.25, -0.2) is 17.7 Å². The van der Waals surface area contributed by atoms with E-state index in [1.54, 1.807) is 4.31 Å². The van der Waals surface area contributed by atoms with Crippen molar-refractivity contribution in [2.75, 3.05) is 29.5 Å². The number of fused-ring (bicyclic) bond motifs is 1. The van der Waals surface area contributed by atoms with Crippen molar-refractivity contribution in [1.29, 1.82) is 0 Å². The number of halogens is 2. The molecule has 38 heavy (non-hydrogen) atoms. The number of imidazole rings is 1. The minimum atomic E-state index is -3.16. The standard InChI is InChI=1S/C25H42N8O2S.2ClH/c1-2-3-16-36(34,35)32-14-12-20(13-15-32)28-23-22-24(33(17-27-22)21-6-4-5-7-21)31-25(30-23)29-19-10-8-18(26)9-11-19;;/h17-21H,2-16,26H2,1H3,(H2,28,29,30,31);2*1H/t18-,19-;;. The van der Waals surface area contributed by atoms with Crippen LogP contribution in [0.5, 0.6) is 0 Å². The summed E-state index contributed by atoms with van der Waals surface area (Å²) in [7, 11) is -3.16. The lowest BCUT2D eigenvalue weighted by Crippen LogP contribution is -2.43.